The molecule has 4 nitrogen and oxygen atoms in total. The first-order valence-corrected chi connectivity index (χ1v) is 8.67. The summed E-state index contributed by atoms with van der Waals surface area (Å²) < 4.78 is 41.0. The maximum atomic E-state index is 13.4. The van der Waals surface area contributed by atoms with Crippen LogP contribution < -0.4 is 10.5 Å². The first-order chi connectivity index (χ1) is 9.61. The number of halogens is 1. The number of benzene rings is 1. The van der Waals surface area contributed by atoms with Crippen LogP contribution in [0, 0.1) is 18.2 Å². The molecule has 0 bridgehead atoms. The first kappa shape index (κ1) is 16.2. The number of aryl methyl sites for hydroxylation is 1. The summed E-state index contributed by atoms with van der Waals surface area (Å²) in [5.74, 6) is -0.592. The van der Waals surface area contributed by atoms with Crippen molar-refractivity contribution in [3.8, 4) is 0 Å². The van der Waals surface area contributed by atoms with Crippen LogP contribution in [0.3, 0.4) is 0 Å². The Balaban J connectivity index is 2.18. The number of hydrogen-bond donors (Lipinski definition) is 2. The molecule has 0 spiro atoms. The highest BCUT2D eigenvalue weighted by molar-refractivity contribution is 7.89. The van der Waals surface area contributed by atoms with Crippen LogP contribution in [0.25, 0.3) is 0 Å². The summed E-state index contributed by atoms with van der Waals surface area (Å²) in [5, 5.41) is 0. The predicted molar refractivity (Wildman–Crippen MR) is 81.9 cm³/mol. The molecule has 1 aliphatic carbocycles. The van der Waals surface area contributed by atoms with Gasteiger partial charge in [0.15, 0.2) is 0 Å². The van der Waals surface area contributed by atoms with E-state index >= 15 is 0 Å². The van der Waals surface area contributed by atoms with Crippen molar-refractivity contribution in [2.45, 2.75) is 57.4 Å². The van der Waals surface area contributed by atoms with E-state index < -0.39 is 15.8 Å². The molecule has 0 saturated heterocycles. The van der Waals surface area contributed by atoms with Crippen molar-refractivity contribution in [3.05, 3.63) is 23.5 Å². The quantitative estimate of drug-likeness (QED) is 0.843. The summed E-state index contributed by atoms with van der Waals surface area (Å²) in [7, 11) is -3.66. The molecule has 1 aromatic carbocycles. The minimum absolute atomic E-state index is 0.0613. The van der Waals surface area contributed by atoms with E-state index in [1.165, 1.54) is 6.07 Å². The van der Waals surface area contributed by atoms with Gasteiger partial charge in [-0.2, -0.15) is 0 Å². The molecule has 0 aliphatic heterocycles. The Labute approximate surface area is 126 Å². The first-order valence-electron chi connectivity index (χ1n) is 7.19. The summed E-state index contributed by atoms with van der Waals surface area (Å²) in [6, 6.07) is 2.29. The van der Waals surface area contributed by atoms with Crippen LogP contribution in [0.15, 0.2) is 17.0 Å². The number of rotatable bonds is 3. The molecule has 21 heavy (non-hydrogen) atoms. The summed E-state index contributed by atoms with van der Waals surface area (Å²) >= 11 is 0. The average molecular weight is 314 g/mol. The topological polar surface area (TPSA) is 72.2 Å². The zero-order valence-electron chi connectivity index (χ0n) is 12.7. The molecule has 0 radical (unpaired) electrons. The number of nitrogens with one attached hydrogen (secondary N) is 1. The third-order valence-electron chi connectivity index (χ3n) is 4.24. The Bertz CT molecular complexity index is 631. The van der Waals surface area contributed by atoms with Crippen LogP contribution in [0.2, 0.25) is 0 Å². The number of hydrogen-bond acceptors (Lipinski definition) is 3. The Hall–Kier alpha value is -1.14. The van der Waals surface area contributed by atoms with E-state index in [-0.39, 0.29) is 22.0 Å². The Morgan fingerprint density at radius 3 is 2.43 bits per heavy atom. The summed E-state index contributed by atoms with van der Waals surface area (Å²) in [6.45, 7) is 5.96. The monoisotopic (exact) mass is 314 g/mol. The highest BCUT2D eigenvalue weighted by atomic mass is 32.2. The molecule has 2 rings (SSSR count). The van der Waals surface area contributed by atoms with Gasteiger partial charge in [0.2, 0.25) is 10.0 Å². The molecule has 1 saturated carbocycles. The molecule has 0 heterocycles. The van der Waals surface area contributed by atoms with Crippen LogP contribution in [-0.4, -0.2) is 14.5 Å². The van der Waals surface area contributed by atoms with Gasteiger partial charge >= 0.3 is 0 Å². The zero-order chi connectivity index (χ0) is 15.8. The average Bonchev–Trinajstić information content (AvgIpc) is 2.36. The fourth-order valence-electron chi connectivity index (χ4n) is 2.76. The highest BCUT2D eigenvalue weighted by Gasteiger charge is 2.30. The van der Waals surface area contributed by atoms with Gasteiger partial charge in [-0.15, -0.1) is 0 Å². The standard InChI is InChI=1S/C15H23FN2O2S/c1-10-8-12(16)13(17)9-14(10)21(19,20)18-11-4-6-15(2,3)7-5-11/h8-9,11,18H,4-7,17H2,1-3H3. The van der Waals surface area contributed by atoms with Crippen LogP contribution in [0.5, 0.6) is 0 Å². The number of nitrogen functional groups attached to an aromatic ring is 1. The number of nitrogens with two attached hydrogens (primary N) is 1. The second-order valence-electron chi connectivity index (χ2n) is 6.70. The van der Waals surface area contributed by atoms with Crippen molar-refractivity contribution < 1.29 is 12.8 Å². The number of sulfonamides is 1. The number of anilines is 1. The van der Waals surface area contributed by atoms with Crippen molar-refractivity contribution in [3.63, 3.8) is 0 Å². The minimum atomic E-state index is -3.66. The molecule has 118 valence electrons. The van der Waals surface area contributed by atoms with Crippen LogP contribution in [0.4, 0.5) is 10.1 Å². The molecule has 1 aromatic rings. The van der Waals surface area contributed by atoms with E-state index in [1.54, 1.807) is 6.92 Å². The van der Waals surface area contributed by atoms with E-state index in [2.05, 4.69) is 18.6 Å². The predicted octanol–water partition coefficient (Wildman–Crippen LogP) is 2.96. The summed E-state index contributed by atoms with van der Waals surface area (Å²) in [4.78, 5) is 0.0613. The Morgan fingerprint density at radius 1 is 1.29 bits per heavy atom. The lowest BCUT2D eigenvalue weighted by molar-refractivity contribution is 0.218. The van der Waals surface area contributed by atoms with E-state index in [0.717, 1.165) is 31.7 Å². The molecular formula is C15H23FN2O2S. The van der Waals surface area contributed by atoms with Crippen molar-refractivity contribution in [1.29, 1.82) is 0 Å². The van der Waals surface area contributed by atoms with Gasteiger partial charge in [0.1, 0.15) is 5.82 Å². The van der Waals surface area contributed by atoms with Crippen molar-refractivity contribution in [2.75, 3.05) is 5.73 Å². The van der Waals surface area contributed by atoms with Gasteiger partial charge in [0.05, 0.1) is 10.6 Å². The van der Waals surface area contributed by atoms with Gasteiger partial charge in [0.25, 0.3) is 0 Å². The third-order valence-corrected chi connectivity index (χ3v) is 5.91. The van der Waals surface area contributed by atoms with Crippen molar-refractivity contribution in [1.82, 2.24) is 4.72 Å². The van der Waals surface area contributed by atoms with Gasteiger partial charge in [-0.25, -0.2) is 17.5 Å². The lowest BCUT2D eigenvalue weighted by Crippen LogP contribution is -2.39. The lowest BCUT2D eigenvalue weighted by Gasteiger charge is -2.34. The van der Waals surface area contributed by atoms with E-state index in [9.17, 15) is 12.8 Å². The minimum Gasteiger partial charge on any atom is -0.396 e. The normalized spacial score (nSPS) is 19.6. The zero-order valence-corrected chi connectivity index (χ0v) is 13.6. The van der Waals surface area contributed by atoms with Gasteiger partial charge in [-0.3, -0.25) is 0 Å². The SMILES string of the molecule is Cc1cc(F)c(N)cc1S(=O)(=O)NC1CCC(C)(C)CC1. The van der Waals surface area contributed by atoms with Gasteiger partial charge in [-0.05, 0) is 55.7 Å². The lowest BCUT2D eigenvalue weighted by atomic mass is 9.76. The van der Waals surface area contributed by atoms with E-state index in [1.807, 2.05) is 0 Å². The fraction of sp³-hybridized carbons (Fsp3) is 0.600. The summed E-state index contributed by atoms with van der Waals surface area (Å²) in [6.07, 6.45) is 3.62. The smallest absolute Gasteiger partial charge is 0.241 e. The maximum absolute atomic E-state index is 13.4. The molecular weight excluding hydrogens is 291 g/mol. The highest BCUT2D eigenvalue weighted by Crippen LogP contribution is 2.35. The second-order valence-corrected chi connectivity index (χ2v) is 8.38. The van der Waals surface area contributed by atoms with Crippen LogP contribution >= 0.6 is 0 Å². The third kappa shape index (κ3) is 3.74. The maximum Gasteiger partial charge on any atom is 0.241 e. The van der Waals surface area contributed by atoms with Crippen molar-refractivity contribution in [2.24, 2.45) is 5.41 Å². The van der Waals surface area contributed by atoms with Crippen LogP contribution in [0.1, 0.15) is 45.1 Å². The van der Waals surface area contributed by atoms with Gasteiger partial charge < -0.3 is 5.73 Å². The Morgan fingerprint density at radius 2 is 1.86 bits per heavy atom. The molecule has 3 N–H and O–H groups in total. The van der Waals surface area contributed by atoms with E-state index in [0.29, 0.717) is 5.56 Å². The van der Waals surface area contributed by atoms with E-state index in [4.69, 9.17) is 5.73 Å². The molecule has 0 unspecified atom stereocenters. The molecule has 6 heteroatoms. The molecule has 0 amide bonds. The molecule has 1 fully saturated rings. The Kier molecular flexibility index (Phi) is 4.31. The largest absolute Gasteiger partial charge is 0.396 e. The van der Waals surface area contributed by atoms with Gasteiger partial charge in [0, 0.05) is 6.04 Å². The summed E-state index contributed by atoms with van der Waals surface area (Å²) in [5.41, 5.74) is 5.98. The molecule has 0 aromatic heterocycles. The second kappa shape index (κ2) is 5.57. The molecule has 0 atom stereocenters. The van der Waals surface area contributed by atoms with Crippen molar-refractivity contribution >= 4 is 15.7 Å². The van der Waals surface area contributed by atoms with Gasteiger partial charge in [-0.1, -0.05) is 13.8 Å². The fourth-order valence-corrected chi connectivity index (χ4v) is 4.32. The van der Waals surface area contributed by atoms with Crippen LogP contribution in [-0.2, 0) is 10.0 Å². The molecule has 1 aliphatic rings.